The van der Waals surface area contributed by atoms with Gasteiger partial charge >= 0.3 is 0 Å². The van der Waals surface area contributed by atoms with E-state index in [9.17, 15) is 14.9 Å². The van der Waals surface area contributed by atoms with Crippen LogP contribution >= 0.6 is 0 Å². The Kier molecular flexibility index (Phi) is 6.26. The third-order valence-electron chi connectivity index (χ3n) is 3.53. The molecule has 7 heteroatoms. The highest BCUT2D eigenvalue weighted by molar-refractivity contribution is 5.79. The van der Waals surface area contributed by atoms with E-state index >= 15 is 0 Å². The molecule has 0 radical (unpaired) electrons. The van der Waals surface area contributed by atoms with E-state index in [4.69, 9.17) is 10.5 Å². The van der Waals surface area contributed by atoms with Crippen LogP contribution in [0.25, 0.3) is 0 Å². The van der Waals surface area contributed by atoms with Gasteiger partial charge in [-0.15, -0.1) is 0 Å². The summed E-state index contributed by atoms with van der Waals surface area (Å²) in [5.41, 5.74) is 6.82. The summed E-state index contributed by atoms with van der Waals surface area (Å²) in [4.78, 5) is 23.8. The first-order valence-electron chi connectivity index (χ1n) is 6.63. The first-order chi connectivity index (χ1) is 9.88. The van der Waals surface area contributed by atoms with Crippen molar-refractivity contribution in [2.45, 2.75) is 26.4 Å². The predicted molar refractivity (Wildman–Crippen MR) is 78.8 cm³/mol. The SMILES string of the molecule is COCCN(Cc1cccc([N+](=O)[O-])c1C)C(C)C(N)=O. The van der Waals surface area contributed by atoms with Gasteiger partial charge in [-0.05, 0) is 19.4 Å². The van der Waals surface area contributed by atoms with E-state index in [1.54, 1.807) is 27.0 Å². The zero-order valence-electron chi connectivity index (χ0n) is 12.5. The van der Waals surface area contributed by atoms with Gasteiger partial charge in [-0.25, -0.2) is 0 Å². The number of carbonyl (C=O) groups is 1. The lowest BCUT2D eigenvalue weighted by molar-refractivity contribution is -0.385. The fraction of sp³-hybridized carbons (Fsp3) is 0.500. The minimum Gasteiger partial charge on any atom is -0.383 e. The topological polar surface area (TPSA) is 98.7 Å². The van der Waals surface area contributed by atoms with Gasteiger partial charge in [0, 0.05) is 31.8 Å². The van der Waals surface area contributed by atoms with Gasteiger partial charge in [0.15, 0.2) is 0 Å². The highest BCUT2D eigenvalue weighted by Crippen LogP contribution is 2.22. The van der Waals surface area contributed by atoms with Gasteiger partial charge in [-0.1, -0.05) is 12.1 Å². The van der Waals surface area contributed by atoms with Crippen LogP contribution in [0.5, 0.6) is 0 Å². The van der Waals surface area contributed by atoms with Crippen LogP contribution in [0.1, 0.15) is 18.1 Å². The first-order valence-corrected chi connectivity index (χ1v) is 6.63. The van der Waals surface area contributed by atoms with Gasteiger partial charge in [0.1, 0.15) is 0 Å². The molecule has 1 rings (SSSR count). The van der Waals surface area contributed by atoms with E-state index in [1.165, 1.54) is 6.07 Å². The lowest BCUT2D eigenvalue weighted by atomic mass is 10.1. The Bertz CT molecular complexity index is 519. The van der Waals surface area contributed by atoms with Crippen molar-refractivity contribution in [3.63, 3.8) is 0 Å². The third-order valence-corrected chi connectivity index (χ3v) is 3.53. The highest BCUT2D eigenvalue weighted by atomic mass is 16.6. The maximum atomic E-state index is 11.4. The van der Waals surface area contributed by atoms with E-state index in [2.05, 4.69) is 0 Å². The smallest absolute Gasteiger partial charge is 0.272 e. The number of hydrogen-bond donors (Lipinski definition) is 1. The average Bonchev–Trinajstić information content (AvgIpc) is 2.43. The molecule has 0 aliphatic heterocycles. The van der Waals surface area contributed by atoms with E-state index in [1.807, 2.05) is 11.0 Å². The number of nitrogens with zero attached hydrogens (tertiary/aromatic N) is 2. The Hall–Kier alpha value is -1.99. The zero-order chi connectivity index (χ0) is 16.0. The Morgan fingerprint density at radius 2 is 2.19 bits per heavy atom. The molecule has 21 heavy (non-hydrogen) atoms. The average molecular weight is 295 g/mol. The molecule has 0 saturated heterocycles. The molecule has 0 aliphatic rings. The summed E-state index contributed by atoms with van der Waals surface area (Å²) in [6.45, 7) is 4.79. The van der Waals surface area contributed by atoms with Crippen molar-refractivity contribution < 1.29 is 14.5 Å². The standard InChI is InChI=1S/C14H21N3O4/c1-10-12(5-4-6-13(10)17(19)20)9-16(7-8-21-3)11(2)14(15)18/h4-6,11H,7-9H2,1-3H3,(H2,15,18). The number of amides is 1. The second-order valence-corrected chi connectivity index (χ2v) is 4.86. The van der Waals surface area contributed by atoms with E-state index in [-0.39, 0.29) is 5.69 Å². The molecule has 1 atom stereocenters. The molecule has 0 aliphatic carbocycles. The van der Waals surface area contributed by atoms with Crippen molar-refractivity contribution in [3.05, 3.63) is 39.4 Å². The summed E-state index contributed by atoms with van der Waals surface area (Å²) in [7, 11) is 1.58. The number of carbonyl (C=O) groups excluding carboxylic acids is 1. The van der Waals surface area contributed by atoms with Crippen LogP contribution in [0.15, 0.2) is 18.2 Å². The fourth-order valence-corrected chi connectivity index (χ4v) is 2.06. The van der Waals surface area contributed by atoms with Crippen LogP contribution in [0.2, 0.25) is 0 Å². The Morgan fingerprint density at radius 1 is 1.52 bits per heavy atom. The number of primary amides is 1. The summed E-state index contributed by atoms with van der Waals surface area (Å²) >= 11 is 0. The van der Waals surface area contributed by atoms with Crippen molar-refractivity contribution in [3.8, 4) is 0 Å². The lowest BCUT2D eigenvalue weighted by Crippen LogP contribution is -2.43. The highest BCUT2D eigenvalue weighted by Gasteiger charge is 2.21. The van der Waals surface area contributed by atoms with E-state index in [0.717, 1.165) is 5.56 Å². The number of nitro benzene ring substituents is 1. The summed E-state index contributed by atoms with van der Waals surface area (Å²) < 4.78 is 5.03. The molecule has 0 spiro atoms. The van der Waals surface area contributed by atoms with Gasteiger partial charge in [0.05, 0.1) is 17.6 Å². The quantitative estimate of drug-likeness (QED) is 0.574. The number of rotatable bonds is 8. The monoisotopic (exact) mass is 295 g/mol. The Morgan fingerprint density at radius 3 is 2.71 bits per heavy atom. The van der Waals surface area contributed by atoms with Crippen molar-refractivity contribution in [1.29, 1.82) is 0 Å². The summed E-state index contributed by atoms with van der Waals surface area (Å²) in [5.74, 6) is -0.436. The maximum absolute atomic E-state index is 11.4. The molecule has 1 unspecified atom stereocenters. The van der Waals surface area contributed by atoms with Crippen molar-refractivity contribution in [1.82, 2.24) is 4.90 Å². The molecule has 1 aromatic rings. The molecule has 116 valence electrons. The normalized spacial score (nSPS) is 12.4. The van der Waals surface area contributed by atoms with Gasteiger partial charge in [-0.3, -0.25) is 19.8 Å². The number of benzene rings is 1. The molecule has 0 aromatic heterocycles. The molecule has 0 fully saturated rings. The minimum absolute atomic E-state index is 0.0749. The van der Waals surface area contributed by atoms with Crippen LogP contribution in [-0.2, 0) is 16.1 Å². The van der Waals surface area contributed by atoms with Crippen LogP contribution in [-0.4, -0.2) is 42.0 Å². The first kappa shape index (κ1) is 17.1. The summed E-state index contributed by atoms with van der Waals surface area (Å²) in [6.07, 6.45) is 0. The molecular formula is C14H21N3O4. The third kappa shape index (κ3) is 4.51. The summed E-state index contributed by atoms with van der Waals surface area (Å²) in [5, 5.41) is 11.0. The molecular weight excluding hydrogens is 274 g/mol. The van der Waals surface area contributed by atoms with Crippen molar-refractivity contribution in [2.75, 3.05) is 20.3 Å². The molecule has 0 bridgehead atoms. The number of nitro groups is 1. The second kappa shape index (κ2) is 7.70. The number of nitrogens with two attached hydrogens (primary N) is 1. The fourth-order valence-electron chi connectivity index (χ4n) is 2.06. The van der Waals surface area contributed by atoms with Gasteiger partial charge < -0.3 is 10.5 Å². The van der Waals surface area contributed by atoms with Crippen LogP contribution in [0, 0.1) is 17.0 Å². The van der Waals surface area contributed by atoms with Gasteiger partial charge in [0.25, 0.3) is 5.69 Å². The second-order valence-electron chi connectivity index (χ2n) is 4.86. The van der Waals surface area contributed by atoms with E-state index < -0.39 is 16.9 Å². The van der Waals surface area contributed by atoms with E-state index in [0.29, 0.717) is 25.3 Å². The molecule has 2 N–H and O–H groups in total. The largest absolute Gasteiger partial charge is 0.383 e. The predicted octanol–water partition coefficient (Wildman–Crippen LogP) is 1.23. The molecule has 0 heterocycles. The zero-order valence-corrected chi connectivity index (χ0v) is 12.5. The number of ether oxygens (including phenoxy) is 1. The Labute approximate surface area is 123 Å². The van der Waals surface area contributed by atoms with Crippen molar-refractivity contribution >= 4 is 11.6 Å². The molecule has 7 nitrogen and oxygen atoms in total. The van der Waals surface area contributed by atoms with Crippen LogP contribution in [0.4, 0.5) is 5.69 Å². The van der Waals surface area contributed by atoms with Crippen LogP contribution < -0.4 is 5.73 Å². The molecule has 1 amide bonds. The van der Waals surface area contributed by atoms with Crippen LogP contribution in [0.3, 0.4) is 0 Å². The maximum Gasteiger partial charge on any atom is 0.272 e. The molecule has 0 saturated carbocycles. The minimum atomic E-state index is -0.473. The number of hydrogen-bond acceptors (Lipinski definition) is 5. The number of methoxy groups -OCH3 is 1. The Balaban J connectivity index is 3.00. The van der Waals surface area contributed by atoms with Gasteiger partial charge in [-0.2, -0.15) is 0 Å². The lowest BCUT2D eigenvalue weighted by Gasteiger charge is -2.27. The van der Waals surface area contributed by atoms with Gasteiger partial charge in [0.2, 0.25) is 5.91 Å². The summed E-state index contributed by atoms with van der Waals surface area (Å²) in [6, 6.07) is 4.45. The van der Waals surface area contributed by atoms with Crippen molar-refractivity contribution in [2.24, 2.45) is 5.73 Å². The molecule has 1 aromatic carbocycles.